The lowest BCUT2D eigenvalue weighted by Crippen LogP contribution is -2.30. The fourth-order valence-electron chi connectivity index (χ4n) is 1.47. The van der Waals surface area contributed by atoms with E-state index in [-0.39, 0.29) is 5.75 Å². The summed E-state index contributed by atoms with van der Waals surface area (Å²) in [5.74, 6) is 0.227. The molecule has 1 N–H and O–H groups in total. The Morgan fingerprint density at radius 1 is 1.29 bits per heavy atom. The maximum Gasteiger partial charge on any atom is 0.214 e. The number of nitrogens with zero attached hydrogens (tertiary/aromatic N) is 1. The van der Waals surface area contributed by atoms with Gasteiger partial charge < -0.3 is 5.32 Å². The second-order valence-corrected chi connectivity index (χ2v) is 6.68. The maximum atomic E-state index is 11.8. The Kier molecular flexibility index (Phi) is 8.47. The molecular formula is C12H26N2O2S. The largest absolute Gasteiger partial charge is 0.317 e. The van der Waals surface area contributed by atoms with Crippen molar-refractivity contribution in [3.8, 4) is 0 Å². The summed E-state index contributed by atoms with van der Waals surface area (Å²) in [6.45, 7) is 9.98. The van der Waals surface area contributed by atoms with Gasteiger partial charge in [0.15, 0.2) is 0 Å². The first-order chi connectivity index (χ1) is 7.90. The molecule has 0 bridgehead atoms. The number of rotatable bonds is 10. The number of unbranched alkanes of at least 4 members (excludes halogenated alkanes) is 1. The van der Waals surface area contributed by atoms with Crippen LogP contribution in [-0.4, -0.2) is 45.2 Å². The van der Waals surface area contributed by atoms with Crippen molar-refractivity contribution in [1.29, 1.82) is 0 Å². The predicted octanol–water partition coefficient (Wildman–Crippen LogP) is 1.60. The highest BCUT2D eigenvalue weighted by atomic mass is 32.2. The lowest BCUT2D eigenvalue weighted by atomic mass is 10.3. The molecule has 0 fully saturated rings. The minimum Gasteiger partial charge on any atom is -0.317 e. The zero-order chi connectivity index (χ0) is 13.3. The fraction of sp³-hybridized carbons (Fsp3) is 0.833. The summed E-state index contributed by atoms with van der Waals surface area (Å²) in [6.07, 6.45) is 2.72. The molecule has 0 heterocycles. The quantitative estimate of drug-likeness (QED) is 0.480. The van der Waals surface area contributed by atoms with Gasteiger partial charge in [-0.25, -0.2) is 12.7 Å². The molecule has 0 saturated heterocycles. The first-order valence-electron chi connectivity index (χ1n) is 6.19. The van der Waals surface area contributed by atoms with E-state index in [1.165, 1.54) is 4.31 Å². The van der Waals surface area contributed by atoms with Crippen LogP contribution in [0, 0.1) is 0 Å². The van der Waals surface area contributed by atoms with Crippen molar-refractivity contribution >= 4 is 10.0 Å². The van der Waals surface area contributed by atoms with E-state index in [2.05, 4.69) is 18.8 Å². The van der Waals surface area contributed by atoms with Crippen LogP contribution in [0.1, 0.15) is 33.1 Å². The summed E-state index contributed by atoms with van der Waals surface area (Å²) < 4.78 is 25.0. The smallest absolute Gasteiger partial charge is 0.214 e. The van der Waals surface area contributed by atoms with Gasteiger partial charge in [-0.2, -0.15) is 0 Å². The Morgan fingerprint density at radius 3 is 2.47 bits per heavy atom. The van der Waals surface area contributed by atoms with Gasteiger partial charge in [0, 0.05) is 13.6 Å². The van der Waals surface area contributed by atoms with Crippen molar-refractivity contribution in [2.45, 2.75) is 33.1 Å². The molecule has 0 amide bonds. The van der Waals surface area contributed by atoms with Crippen molar-refractivity contribution in [1.82, 2.24) is 9.62 Å². The number of hydrogen-bond donors (Lipinski definition) is 1. The van der Waals surface area contributed by atoms with Gasteiger partial charge in [0.2, 0.25) is 10.0 Å². The van der Waals surface area contributed by atoms with E-state index in [0.717, 1.165) is 31.5 Å². The van der Waals surface area contributed by atoms with Crippen LogP contribution in [0.3, 0.4) is 0 Å². The van der Waals surface area contributed by atoms with Crippen LogP contribution in [0.5, 0.6) is 0 Å². The van der Waals surface area contributed by atoms with Gasteiger partial charge in [0.1, 0.15) is 0 Å². The molecule has 0 saturated carbocycles. The summed E-state index contributed by atoms with van der Waals surface area (Å²) in [6, 6.07) is 0. The molecular weight excluding hydrogens is 236 g/mol. The standard InChI is InChI=1S/C12H26N2O2S/c1-5-8-13-9-6-7-10-17(15,16)14(4)11-12(2)3/h13H,2,5-11H2,1,3-4H3. The van der Waals surface area contributed by atoms with Gasteiger partial charge >= 0.3 is 0 Å². The van der Waals surface area contributed by atoms with Gasteiger partial charge in [0.05, 0.1) is 5.75 Å². The van der Waals surface area contributed by atoms with Gasteiger partial charge in [0.25, 0.3) is 0 Å². The second kappa shape index (κ2) is 8.66. The van der Waals surface area contributed by atoms with Crippen LogP contribution >= 0.6 is 0 Å². The molecule has 0 rings (SSSR count). The van der Waals surface area contributed by atoms with Crippen molar-refractivity contribution in [3.63, 3.8) is 0 Å². The van der Waals surface area contributed by atoms with E-state index in [1.807, 2.05) is 6.92 Å². The first kappa shape index (κ1) is 16.6. The summed E-state index contributed by atoms with van der Waals surface area (Å²) in [5.41, 5.74) is 0.862. The molecule has 4 nitrogen and oxygen atoms in total. The van der Waals surface area contributed by atoms with Crippen molar-refractivity contribution in [2.75, 3.05) is 32.4 Å². The van der Waals surface area contributed by atoms with Crippen molar-refractivity contribution in [3.05, 3.63) is 12.2 Å². The van der Waals surface area contributed by atoms with Crippen LogP contribution in [0.4, 0.5) is 0 Å². The maximum absolute atomic E-state index is 11.8. The molecule has 0 unspecified atom stereocenters. The molecule has 0 radical (unpaired) electrons. The molecule has 0 spiro atoms. The third kappa shape index (κ3) is 8.35. The molecule has 0 aromatic carbocycles. The average molecular weight is 262 g/mol. The van der Waals surface area contributed by atoms with E-state index >= 15 is 0 Å². The monoisotopic (exact) mass is 262 g/mol. The molecule has 0 aliphatic rings. The van der Waals surface area contributed by atoms with Crippen LogP contribution < -0.4 is 5.32 Å². The molecule has 0 aromatic heterocycles. The Labute approximate surface area is 106 Å². The normalized spacial score (nSPS) is 12.0. The summed E-state index contributed by atoms with van der Waals surface area (Å²) >= 11 is 0. The van der Waals surface area contributed by atoms with Gasteiger partial charge in [-0.05, 0) is 39.3 Å². The topological polar surface area (TPSA) is 49.4 Å². The summed E-state index contributed by atoms with van der Waals surface area (Å²) in [5, 5.41) is 3.26. The first-order valence-corrected chi connectivity index (χ1v) is 7.80. The summed E-state index contributed by atoms with van der Waals surface area (Å²) in [7, 11) is -1.49. The minimum absolute atomic E-state index is 0.227. The lowest BCUT2D eigenvalue weighted by Gasteiger charge is -2.16. The number of sulfonamides is 1. The highest BCUT2D eigenvalue weighted by molar-refractivity contribution is 7.89. The highest BCUT2D eigenvalue weighted by Crippen LogP contribution is 2.04. The predicted molar refractivity (Wildman–Crippen MR) is 73.6 cm³/mol. The Morgan fingerprint density at radius 2 is 1.94 bits per heavy atom. The molecule has 102 valence electrons. The fourth-order valence-corrected chi connectivity index (χ4v) is 2.77. The molecule has 17 heavy (non-hydrogen) atoms. The Bertz CT molecular complexity index is 312. The van der Waals surface area contributed by atoms with Gasteiger partial charge in [-0.15, -0.1) is 0 Å². The summed E-state index contributed by atoms with van der Waals surface area (Å²) in [4.78, 5) is 0. The van der Waals surface area contributed by atoms with E-state index in [9.17, 15) is 8.42 Å². The zero-order valence-corrected chi connectivity index (χ0v) is 12.1. The number of hydrogen-bond acceptors (Lipinski definition) is 3. The van der Waals surface area contributed by atoms with E-state index < -0.39 is 10.0 Å². The van der Waals surface area contributed by atoms with Gasteiger partial charge in [-0.3, -0.25) is 0 Å². The highest BCUT2D eigenvalue weighted by Gasteiger charge is 2.16. The minimum atomic E-state index is -3.10. The van der Waals surface area contributed by atoms with Gasteiger partial charge in [-0.1, -0.05) is 19.1 Å². The third-order valence-electron chi connectivity index (χ3n) is 2.40. The lowest BCUT2D eigenvalue weighted by molar-refractivity contribution is 0.489. The Balaban J connectivity index is 3.82. The SMILES string of the molecule is C=C(C)CN(C)S(=O)(=O)CCCCNCCC. The zero-order valence-electron chi connectivity index (χ0n) is 11.3. The molecule has 0 aromatic rings. The Hall–Kier alpha value is -0.390. The number of nitrogens with one attached hydrogen (secondary N) is 1. The average Bonchev–Trinajstić information content (AvgIpc) is 2.22. The van der Waals surface area contributed by atoms with Crippen molar-refractivity contribution < 1.29 is 8.42 Å². The van der Waals surface area contributed by atoms with E-state index in [0.29, 0.717) is 13.0 Å². The third-order valence-corrected chi connectivity index (χ3v) is 4.28. The molecule has 5 heteroatoms. The van der Waals surface area contributed by atoms with E-state index in [1.54, 1.807) is 7.05 Å². The molecule has 0 aliphatic carbocycles. The van der Waals surface area contributed by atoms with Crippen LogP contribution in [-0.2, 0) is 10.0 Å². The molecule has 0 atom stereocenters. The van der Waals surface area contributed by atoms with Crippen LogP contribution in [0.15, 0.2) is 12.2 Å². The van der Waals surface area contributed by atoms with Crippen LogP contribution in [0.2, 0.25) is 0 Å². The second-order valence-electron chi connectivity index (χ2n) is 4.49. The van der Waals surface area contributed by atoms with E-state index in [4.69, 9.17) is 0 Å². The van der Waals surface area contributed by atoms with Crippen LogP contribution in [0.25, 0.3) is 0 Å². The molecule has 0 aliphatic heterocycles. The number of likely N-dealkylation sites (N-methyl/N-ethyl adjacent to an activating group) is 1. The van der Waals surface area contributed by atoms with Crippen molar-refractivity contribution in [2.24, 2.45) is 0 Å².